The quantitative estimate of drug-likeness (QED) is 0.421. The molecule has 0 bridgehead atoms. The van der Waals surface area contributed by atoms with Crippen molar-refractivity contribution in [3.05, 3.63) is 58.9 Å². The summed E-state index contributed by atoms with van der Waals surface area (Å²) in [6, 6.07) is 2.72. The van der Waals surface area contributed by atoms with Gasteiger partial charge in [0.1, 0.15) is 11.6 Å². The number of alkyl halides is 5. The summed E-state index contributed by atoms with van der Waals surface area (Å²) < 4.78 is 126. The minimum atomic E-state index is -5.41. The van der Waals surface area contributed by atoms with Crippen molar-refractivity contribution in [1.82, 2.24) is 0 Å². The maximum Gasteiger partial charge on any atom is 0.573 e. The molecule has 34 heavy (non-hydrogen) atoms. The van der Waals surface area contributed by atoms with Crippen LogP contribution in [0.15, 0.2) is 30.3 Å². The Morgan fingerprint density at radius 2 is 1.38 bits per heavy atom. The average Bonchev–Trinajstić information content (AvgIpc) is 2.69. The van der Waals surface area contributed by atoms with E-state index in [2.05, 4.69) is 9.47 Å². The summed E-state index contributed by atoms with van der Waals surface area (Å²) >= 11 is 0. The van der Waals surface area contributed by atoms with Crippen molar-refractivity contribution in [2.45, 2.75) is 38.0 Å². The molecule has 4 rings (SSSR count). The van der Waals surface area contributed by atoms with Crippen LogP contribution in [0.25, 0.3) is 0 Å². The van der Waals surface area contributed by atoms with Gasteiger partial charge in [-0.15, -0.1) is 13.2 Å². The molecule has 0 aromatic heterocycles. The highest BCUT2D eigenvalue weighted by atomic mass is 19.4. The van der Waals surface area contributed by atoms with Crippen LogP contribution in [0, 0.1) is 29.3 Å². The van der Waals surface area contributed by atoms with Gasteiger partial charge in [0.25, 0.3) is 0 Å². The van der Waals surface area contributed by atoms with Crippen molar-refractivity contribution in [3.8, 4) is 11.5 Å². The number of hydrogen-bond donors (Lipinski definition) is 0. The number of halogens is 8. The maximum atomic E-state index is 14.5. The van der Waals surface area contributed by atoms with Gasteiger partial charge < -0.3 is 18.9 Å². The van der Waals surface area contributed by atoms with Crippen LogP contribution in [0.1, 0.15) is 36.7 Å². The molecule has 2 fully saturated rings. The fourth-order valence-corrected chi connectivity index (χ4v) is 3.82. The van der Waals surface area contributed by atoms with Crippen molar-refractivity contribution in [2.24, 2.45) is 11.8 Å². The van der Waals surface area contributed by atoms with Crippen LogP contribution in [0.3, 0.4) is 0 Å². The first kappa shape index (κ1) is 24.5. The zero-order valence-corrected chi connectivity index (χ0v) is 17.3. The van der Waals surface area contributed by atoms with Crippen molar-refractivity contribution in [1.29, 1.82) is 0 Å². The molecule has 2 aromatic rings. The fraction of sp³-hybridized carbons (Fsp3) is 0.455. The van der Waals surface area contributed by atoms with Gasteiger partial charge in [0.05, 0.1) is 18.8 Å². The Kier molecular flexibility index (Phi) is 6.65. The second-order valence-corrected chi connectivity index (χ2v) is 8.07. The monoisotopic (exact) mass is 498 g/mol. The molecule has 12 heteroatoms. The molecule has 0 N–H and O–H groups in total. The van der Waals surface area contributed by atoms with Gasteiger partial charge in [-0.05, 0) is 18.1 Å². The van der Waals surface area contributed by atoms with E-state index in [-0.39, 0.29) is 23.6 Å². The number of rotatable bonds is 6. The molecule has 2 aliphatic rings. The average molecular weight is 498 g/mol. The minimum absolute atomic E-state index is 0.0621. The Morgan fingerprint density at radius 1 is 0.765 bits per heavy atom. The first-order valence-electron chi connectivity index (χ1n) is 10.3. The molecule has 1 aliphatic heterocycles. The Bertz CT molecular complexity index is 1010. The van der Waals surface area contributed by atoms with E-state index in [1.807, 2.05) is 0 Å². The van der Waals surface area contributed by atoms with Crippen molar-refractivity contribution < 1.29 is 54.1 Å². The summed E-state index contributed by atoms with van der Waals surface area (Å²) in [6.45, 7) is 0.784. The molecule has 4 nitrogen and oxygen atoms in total. The molecule has 0 atom stereocenters. The van der Waals surface area contributed by atoms with Gasteiger partial charge in [-0.3, -0.25) is 0 Å². The largest absolute Gasteiger partial charge is 0.573 e. The highest BCUT2D eigenvalue weighted by molar-refractivity contribution is 5.36. The lowest BCUT2D eigenvalue weighted by molar-refractivity contribution is -0.276. The molecular formula is C22H18F8O4. The molecule has 1 aliphatic carbocycles. The molecule has 2 aromatic carbocycles. The second kappa shape index (κ2) is 9.21. The summed E-state index contributed by atoms with van der Waals surface area (Å²) in [5.41, 5.74) is -1.12. The Morgan fingerprint density at radius 3 is 1.88 bits per heavy atom. The number of ether oxygens (including phenoxy) is 4. The first-order valence-corrected chi connectivity index (χ1v) is 10.3. The lowest BCUT2D eigenvalue weighted by Gasteiger charge is -2.38. The van der Waals surface area contributed by atoms with Crippen LogP contribution in [0.4, 0.5) is 35.1 Å². The molecule has 0 amide bonds. The maximum absolute atomic E-state index is 14.5. The molecule has 0 unspecified atom stereocenters. The lowest BCUT2D eigenvalue weighted by atomic mass is 9.76. The van der Waals surface area contributed by atoms with E-state index >= 15 is 0 Å². The molecule has 1 saturated heterocycles. The molecule has 0 radical (unpaired) electrons. The first-order chi connectivity index (χ1) is 15.9. The normalized spacial score (nSPS) is 21.8. The van der Waals surface area contributed by atoms with E-state index in [1.165, 1.54) is 0 Å². The SMILES string of the molecule is Fc1cc(C2OCC(C3CCC3)CO2)ccc1C(F)(F)Oc1cc(F)c(OC(F)(F)F)c(F)c1. The van der Waals surface area contributed by atoms with Crippen LogP contribution >= 0.6 is 0 Å². The van der Waals surface area contributed by atoms with Crippen LogP contribution < -0.4 is 9.47 Å². The van der Waals surface area contributed by atoms with E-state index in [4.69, 9.17) is 9.47 Å². The highest BCUT2D eigenvalue weighted by Gasteiger charge is 2.40. The predicted molar refractivity (Wildman–Crippen MR) is 99.4 cm³/mol. The van der Waals surface area contributed by atoms with Crippen LogP contribution in [0.2, 0.25) is 0 Å². The molecular weight excluding hydrogens is 480 g/mol. The highest BCUT2D eigenvalue weighted by Crippen LogP contribution is 2.40. The van der Waals surface area contributed by atoms with E-state index < -0.39 is 53.3 Å². The third-order valence-electron chi connectivity index (χ3n) is 5.75. The van der Waals surface area contributed by atoms with Crippen LogP contribution in [0.5, 0.6) is 11.5 Å². The van der Waals surface area contributed by atoms with E-state index in [0.29, 0.717) is 25.2 Å². The molecule has 1 heterocycles. The summed E-state index contributed by atoms with van der Waals surface area (Å²) in [5.74, 6) is -7.57. The van der Waals surface area contributed by atoms with Gasteiger partial charge in [-0.1, -0.05) is 25.3 Å². The standard InChI is InChI=1S/C22H18F8O4/c23-16-6-12(20-31-9-13(10-32-20)11-2-1-3-11)4-5-15(16)21(26,27)33-14-7-17(24)19(18(25)8-14)34-22(28,29)30/h4-8,11,13,20H,1-3,9-10H2. The third kappa shape index (κ3) is 5.38. The van der Waals surface area contributed by atoms with Crippen molar-refractivity contribution >= 4 is 0 Å². The second-order valence-electron chi connectivity index (χ2n) is 8.07. The van der Waals surface area contributed by atoms with Gasteiger partial charge in [0, 0.05) is 23.6 Å². The number of hydrogen-bond acceptors (Lipinski definition) is 4. The summed E-state index contributed by atoms with van der Waals surface area (Å²) in [4.78, 5) is 0. The van der Waals surface area contributed by atoms with Gasteiger partial charge in [-0.2, -0.15) is 8.78 Å². The van der Waals surface area contributed by atoms with E-state index in [9.17, 15) is 35.1 Å². The van der Waals surface area contributed by atoms with Gasteiger partial charge in [-0.25, -0.2) is 13.2 Å². The van der Waals surface area contributed by atoms with Crippen LogP contribution in [-0.4, -0.2) is 19.6 Å². The summed E-state index contributed by atoms with van der Waals surface area (Å²) in [7, 11) is 0. The Balaban J connectivity index is 1.46. The molecule has 186 valence electrons. The zero-order chi connectivity index (χ0) is 24.7. The summed E-state index contributed by atoms with van der Waals surface area (Å²) in [5, 5.41) is 0. The zero-order valence-electron chi connectivity index (χ0n) is 17.3. The third-order valence-corrected chi connectivity index (χ3v) is 5.75. The molecule has 1 saturated carbocycles. The lowest BCUT2D eigenvalue weighted by Crippen LogP contribution is -2.35. The van der Waals surface area contributed by atoms with Gasteiger partial charge >= 0.3 is 12.5 Å². The van der Waals surface area contributed by atoms with Gasteiger partial charge in [0.15, 0.2) is 17.9 Å². The van der Waals surface area contributed by atoms with E-state index in [0.717, 1.165) is 31.4 Å². The van der Waals surface area contributed by atoms with Crippen LogP contribution in [-0.2, 0) is 15.6 Å². The Labute approximate surface area is 188 Å². The summed E-state index contributed by atoms with van der Waals surface area (Å²) in [6.07, 6.45) is -7.45. The number of benzene rings is 2. The van der Waals surface area contributed by atoms with E-state index in [1.54, 1.807) is 0 Å². The fourth-order valence-electron chi connectivity index (χ4n) is 3.82. The van der Waals surface area contributed by atoms with Crippen molar-refractivity contribution in [3.63, 3.8) is 0 Å². The Hall–Kier alpha value is -2.60. The molecule has 0 spiro atoms. The van der Waals surface area contributed by atoms with Crippen molar-refractivity contribution in [2.75, 3.05) is 13.2 Å². The minimum Gasteiger partial charge on any atom is -0.429 e. The predicted octanol–water partition coefficient (Wildman–Crippen LogP) is 6.59. The topological polar surface area (TPSA) is 36.9 Å². The smallest absolute Gasteiger partial charge is 0.429 e. The van der Waals surface area contributed by atoms with Gasteiger partial charge in [0.2, 0.25) is 5.75 Å².